The van der Waals surface area contributed by atoms with Crippen molar-refractivity contribution in [3.8, 4) is 5.75 Å². The quantitative estimate of drug-likeness (QED) is 0.200. The number of aromatic nitrogens is 3. The Labute approximate surface area is 307 Å². The maximum atomic E-state index is 14.9. The topological polar surface area (TPSA) is 208 Å². The lowest BCUT2D eigenvalue weighted by atomic mass is 9.84. The number of nitrogens with one attached hydrogen (secondary N) is 2. The molecular formula is C38H49N7O8. The molecule has 2 unspecified atom stereocenters. The zero-order chi connectivity index (χ0) is 37.9. The zero-order valence-corrected chi connectivity index (χ0v) is 30.5. The molecule has 15 heteroatoms. The number of amides is 4. The number of ketones is 1. The Morgan fingerprint density at radius 1 is 1.08 bits per heavy atom. The highest BCUT2D eigenvalue weighted by Crippen LogP contribution is 2.35. The van der Waals surface area contributed by atoms with E-state index in [0.717, 1.165) is 42.9 Å². The molecule has 0 radical (unpaired) electrons. The van der Waals surface area contributed by atoms with E-state index in [4.69, 9.17) is 15.2 Å². The number of ether oxygens (including phenoxy) is 2. The van der Waals surface area contributed by atoms with Crippen LogP contribution >= 0.6 is 0 Å². The number of hydrogen-bond donors (Lipinski definition) is 4. The van der Waals surface area contributed by atoms with Crippen molar-refractivity contribution in [3.05, 3.63) is 53.9 Å². The molecule has 4 amide bonds. The predicted molar refractivity (Wildman–Crippen MR) is 192 cm³/mol. The maximum absolute atomic E-state index is 14.9. The van der Waals surface area contributed by atoms with Crippen LogP contribution in [0.3, 0.4) is 0 Å². The van der Waals surface area contributed by atoms with E-state index < -0.39 is 58.7 Å². The van der Waals surface area contributed by atoms with Gasteiger partial charge in [-0.15, -0.1) is 5.10 Å². The standard InChI is InChI=1S/C38H49N7O8/c1-37(2,51)30-21-40-43-45(30)25-20-29(35(49)42-38(32(46)33(39)47)15-17-53-18-16-38)44(22-25)36(50)28(19-23-9-5-4-6-10-23)41-34(48)27-14-13-24-11-7-8-12-26(24)31(27)52-3/h7-8,11-14,21,23,25,28-29,51H,4-6,9-10,15-20,22H2,1-3H3,(H2,39,47)(H,41,48)(H,42,49)/t25?,28-,29?/m1/s1. The molecule has 2 aliphatic heterocycles. The fourth-order valence-electron chi connectivity index (χ4n) is 8.17. The van der Waals surface area contributed by atoms with Gasteiger partial charge in [0.1, 0.15) is 29.0 Å². The van der Waals surface area contributed by atoms with Crippen LogP contribution in [0.5, 0.6) is 5.75 Å². The first kappa shape index (κ1) is 37.9. The molecule has 1 aliphatic carbocycles. The highest BCUT2D eigenvalue weighted by molar-refractivity contribution is 6.39. The van der Waals surface area contributed by atoms with Gasteiger partial charge in [-0.3, -0.25) is 24.0 Å². The second-order valence-corrected chi connectivity index (χ2v) is 15.0. The van der Waals surface area contributed by atoms with Crippen LogP contribution in [0.4, 0.5) is 0 Å². The SMILES string of the molecule is COc1c(C(=O)N[C@H](CC2CCCCC2)C(=O)N2CC(n3nncc3C(C)(C)O)CC2C(=O)NC2(C(=O)C(N)=O)CCOCC2)ccc2ccccc12. The van der Waals surface area contributed by atoms with Crippen molar-refractivity contribution in [1.29, 1.82) is 0 Å². The molecule has 284 valence electrons. The van der Waals surface area contributed by atoms with E-state index in [1.807, 2.05) is 30.3 Å². The Balaban J connectivity index is 1.35. The number of primary amides is 1. The molecule has 1 saturated carbocycles. The number of nitrogens with two attached hydrogens (primary N) is 1. The number of nitrogens with zero attached hydrogens (tertiary/aromatic N) is 4. The van der Waals surface area contributed by atoms with Crippen LogP contribution in [0, 0.1) is 5.92 Å². The molecule has 15 nitrogen and oxygen atoms in total. The Kier molecular flexibility index (Phi) is 11.1. The van der Waals surface area contributed by atoms with Crippen LogP contribution in [0.15, 0.2) is 42.6 Å². The summed E-state index contributed by atoms with van der Waals surface area (Å²) >= 11 is 0. The molecule has 53 heavy (non-hydrogen) atoms. The van der Waals surface area contributed by atoms with E-state index in [1.54, 1.807) is 19.9 Å². The van der Waals surface area contributed by atoms with Crippen LogP contribution in [-0.4, -0.2) is 98.9 Å². The van der Waals surface area contributed by atoms with E-state index in [2.05, 4.69) is 20.9 Å². The Morgan fingerprint density at radius 2 is 1.79 bits per heavy atom. The number of methoxy groups -OCH3 is 1. The average molecular weight is 732 g/mol. The van der Waals surface area contributed by atoms with E-state index in [9.17, 15) is 29.1 Å². The molecule has 6 rings (SSSR count). The first-order valence-electron chi connectivity index (χ1n) is 18.4. The van der Waals surface area contributed by atoms with Gasteiger partial charge < -0.3 is 35.8 Å². The number of carbonyl (C=O) groups is 5. The van der Waals surface area contributed by atoms with E-state index in [1.165, 1.54) is 22.9 Å². The molecule has 3 atom stereocenters. The lowest BCUT2D eigenvalue weighted by molar-refractivity contribution is -0.147. The van der Waals surface area contributed by atoms with E-state index >= 15 is 0 Å². The normalized spacial score (nSPS) is 21.2. The molecular weight excluding hydrogens is 682 g/mol. The Morgan fingerprint density at radius 3 is 2.47 bits per heavy atom. The minimum Gasteiger partial charge on any atom is -0.495 e. The van der Waals surface area contributed by atoms with Crippen LogP contribution in [-0.2, 0) is 29.5 Å². The van der Waals surface area contributed by atoms with Gasteiger partial charge in [-0.25, -0.2) is 4.68 Å². The zero-order valence-electron chi connectivity index (χ0n) is 30.5. The summed E-state index contributed by atoms with van der Waals surface area (Å²) in [5.41, 5.74) is 3.16. The third-order valence-electron chi connectivity index (χ3n) is 11.0. The van der Waals surface area contributed by atoms with Gasteiger partial charge >= 0.3 is 0 Å². The van der Waals surface area contributed by atoms with Gasteiger partial charge in [0, 0.05) is 44.4 Å². The lowest BCUT2D eigenvalue weighted by Gasteiger charge is -2.37. The smallest absolute Gasteiger partial charge is 0.287 e. The fourth-order valence-corrected chi connectivity index (χ4v) is 8.17. The van der Waals surface area contributed by atoms with Gasteiger partial charge in [0.15, 0.2) is 0 Å². The first-order valence-corrected chi connectivity index (χ1v) is 18.4. The minimum absolute atomic E-state index is 0.000427. The summed E-state index contributed by atoms with van der Waals surface area (Å²) < 4.78 is 12.7. The highest BCUT2D eigenvalue weighted by Gasteiger charge is 2.49. The summed E-state index contributed by atoms with van der Waals surface area (Å²) in [6, 6.07) is 8.30. The highest BCUT2D eigenvalue weighted by atomic mass is 16.5. The minimum atomic E-state index is -1.60. The molecule has 0 spiro atoms. The summed E-state index contributed by atoms with van der Waals surface area (Å²) in [6.45, 7) is 3.42. The van der Waals surface area contributed by atoms with Crippen LogP contribution in [0.1, 0.15) is 93.7 Å². The summed E-state index contributed by atoms with van der Waals surface area (Å²) in [6.07, 6.45) is 6.85. The van der Waals surface area contributed by atoms with Crippen LogP contribution in [0.25, 0.3) is 10.8 Å². The molecule has 3 heterocycles. The van der Waals surface area contributed by atoms with Crippen molar-refractivity contribution in [2.45, 2.75) is 101 Å². The number of hydrogen-bond acceptors (Lipinski definition) is 10. The van der Waals surface area contributed by atoms with Crippen molar-refractivity contribution >= 4 is 40.2 Å². The summed E-state index contributed by atoms with van der Waals surface area (Å²) in [5, 5.41) is 26.6. The van der Waals surface area contributed by atoms with Gasteiger partial charge in [0.2, 0.25) is 17.6 Å². The number of carbonyl (C=O) groups excluding carboxylic acids is 5. The third-order valence-corrected chi connectivity index (χ3v) is 11.0. The van der Waals surface area contributed by atoms with E-state index in [0.29, 0.717) is 17.9 Å². The van der Waals surface area contributed by atoms with Gasteiger partial charge in [-0.1, -0.05) is 67.6 Å². The monoisotopic (exact) mass is 731 g/mol. The average Bonchev–Trinajstić information content (AvgIpc) is 3.83. The molecule has 3 fully saturated rings. The number of fused-ring (bicyclic) bond motifs is 1. The van der Waals surface area contributed by atoms with Crippen molar-refractivity contribution in [2.75, 3.05) is 26.9 Å². The number of aliphatic hydroxyl groups is 1. The van der Waals surface area contributed by atoms with Gasteiger partial charge in [0.05, 0.1) is 30.6 Å². The summed E-state index contributed by atoms with van der Waals surface area (Å²) in [5.74, 6) is -3.19. The van der Waals surface area contributed by atoms with Gasteiger partial charge in [-0.05, 0) is 37.6 Å². The van der Waals surface area contributed by atoms with Crippen molar-refractivity contribution < 1.29 is 38.6 Å². The maximum Gasteiger partial charge on any atom is 0.287 e. The lowest BCUT2D eigenvalue weighted by Crippen LogP contribution is -2.64. The van der Waals surface area contributed by atoms with Crippen molar-refractivity contribution in [2.24, 2.45) is 11.7 Å². The molecule has 3 aliphatic rings. The van der Waals surface area contributed by atoms with Gasteiger partial charge in [-0.2, -0.15) is 0 Å². The molecule has 3 aromatic rings. The van der Waals surface area contributed by atoms with Crippen LogP contribution in [0.2, 0.25) is 0 Å². The van der Waals surface area contributed by atoms with Crippen molar-refractivity contribution in [1.82, 2.24) is 30.5 Å². The summed E-state index contributed by atoms with van der Waals surface area (Å²) in [7, 11) is 1.50. The van der Waals surface area contributed by atoms with Crippen molar-refractivity contribution in [3.63, 3.8) is 0 Å². The number of benzene rings is 2. The second kappa shape index (κ2) is 15.6. The summed E-state index contributed by atoms with van der Waals surface area (Å²) in [4.78, 5) is 70.2. The number of rotatable bonds is 12. The number of likely N-dealkylation sites (tertiary alicyclic amines) is 1. The number of Topliss-reactive ketones (excluding diaryl/α,β-unsaturated/α-hetero) is 1. The second-order valence-electron chi connectivity index (χ2n) is 15.0. The molecule has 2 saturated heterocycles. The molecule has 5 N–H and O–H groups in total. The Hall–Kier alpha value is -4.89. The Bertz CT molecular complexity index is 1860. The first-order chi connectivity index (χ1) is 25.3. The van der Waals surface area contributed by atoms with Crippen LogP contribution < -0.4 is 21.1 Å². The largest absolute Gasteiger partial charge is 0.495 e. The third kappa shape index (κ3) is 7.91. The molecule has 1 aromatic heterocycles. The fraction of sp³-hybridized carbons (Fsp3) is 0.553. The van der Waals surface area contributed by atoms with Gasteiger partial charge in [0.25, 0.3) is 11.8 Å². The van der Waals surface area contributed by atoms with E-state index in [-0.39, 0.29) is 50.5 Å². The molecule has 2 aromatic carbocycles. The molecule has 0 bridgehead atoms. The predicted octanol–water partition coefficient (Wildman–Crippen LogP) is 2.30.